The van der Waals surface area contributed by atoms with E-state index in [0.29, 0.717) is 46.2 Å². The van der Waals surface area contributed by atoms with Crippen LogP contribution in [0.5, 0.6) is 5.75 Å². The zero-order valence-electron chi connectivity index (χ0n) is 15.6. The lowest BCUT2D eigenvalue weighted by molar-refractivity contribution is 0.0949. The quantitative estimate of drug-likeness (QED) is 0.478. The van der Waals surface area contributed by atoms with Gasteiger partial charge in [0.15, 0.2) is 0 Å². The van der Waals surface area contributed by atoms with Crippen molar-refractivity contribution in [1.29, 1.82) is 0 Å². The second kappa shape index (κ2) is 9.57. The van der Waals surface area contributed by atoms with Gasteiger partial charge in [0.2, 0.25) is 0 Å². The fourth-order valence-corrected chi connectivity index (χ4v) is 3.30. The van der Waals surface area contributed by atoms with E-state index < -0.39 is 0 Å². The molecular formula is C21H21ClN2O3S. The zero-order valence-corrected chi connectivity index (χ0v) is 17.2. The van der Waals surface area contributed by atoms with Crippen LogP contribution in [-0.4, -0.2) is 18.7 Å². The maximum Gasteiger partial charge on any atom is 0.254 e. The van der Waals surface area contributed by atoms with Gasteiger partial charge >= 0.3 is 0 Å². The molecule has 0 saturated carbocycles. The number of carbonyl (C=O) groups excluding carboxylic acids is 1. The highest BCUT2D eigenvalue weighted by atomic mass is 35.5. The summed E-state index contributed by atoms with van der Waals surface area (Å²) in [5.41, 5.74) is 1.28. The number of rotatable bonds is 8. The molecule has 0 atom stereocenters. The van der Waals surface area contributed by atoms with Crippen LogP contribution in [0, 0.1) is 5.92 Å². The first kappa shape index (κ1) is 20.2. The van der Waals surface area contributed by atoms with Crippen molar-refractivity contribution in [2.45, 2.75) is 20.4 Å². The van der Waals surface area contributed by atoms with Gasteiger partial charge in [0.05, 0.1) is 25.0 Å². The summed E-state index contributed by atoms with van der Waals surface area (Å²) in [7, 11) is 0. The Labute approximate surface area is 173 Å². The number of ether oxygens (including phenoxy) is 1. The van der Waals surface area contributed by atoms with Crippen molar-refractivity contribution in [1.82, 2.24) is 5.32 Å². The molecule has 1 amide bonds. The Balaban J connectivity index is 1.74. The summed E-state index contributed by atoms with van der Waals surface area (Å²) < 4.78 is 11.1. The predicted molar refractivity (Wildman–Crippen MR) is 113 cm³/mol. The van der Waals surface area contributed by atoms with E-state index in [-0.39, 0.29) is 5.91 Å². The molecule has 0 radical (unpaired) electrons. The molecule has 2 heterocycles. The number of carbonyl (C=O) groups is 1. The normalized spacial score (nSPS) is 11.3. The summed E-state index contributed by atoms with van der Waals surface area (Å²) in [6.45, 7) is 5.10. The van der Waals surface area contributed by atoms with Crippen molar-refractivity contribution in [2.75, 3.05) is 6.61 Å². The summed E-state index contributed by atoms with van der Waals surface area (Å²) in [5, 5.41) is 5.88. The van der Waals surface area contributed by atoms with E-state index >= 15 is 0 Å². The molecule has 0 bridgehead atoms. The standard InChI is InChI=1S/C21H21ClN2O3S/c1-14(2)13-27-19-6-5-16(22)10-15(19)11-24-21-18(7-9-28-21)20(25)23-12-17-4-3-8-26-17/h3-11,14H,12-13H2,1-2H3,(H,23,25). The van der Waals surface area contributed by atoms with Crippen LogP contribution >= 0.6 is 22.9 Å². The van der Waals surface area contributed by atoms with Gasteiger partial charge in [0.25, 0.3) is 5.91 Å². The Morgan fingerprint density at radius 1 is 1.36 bits per heavy atom. The lowest BCUT2D eigenvalue weighted by Crippen LogP contribution is -2.22. The van der Waals surface area contributed by atoms with Crippen LogP contribution in [0.25, 0.3) is 0 Å². The van der Waals surface area contributed by atoms with E-state index in [4.69, 9.17) is 20.8 Å². The minimum Gasteiger partial charge on any atom is -0.493 e. The van der Waals surface area contributed by atoms with Crippen molar-refractivity contribution >= 4 is 40.1 Å². The predicted octanol–water partition coefficient (Wildman–Crippen LogP) is 5.71. The molecule has 3 aromatic rings. The SMILES string of the molecule is CC(C)COc1ccc(Cl)cc1C=Nc1sccc1C(=O)NCc1ccco1. The fraction of sp³-hybridized carbons (Fsp3) is 0.238. The monoisotopic (exact) mass is 416 g/mol. The first-order valence-electron chi connectivity index (χ1n) is 8.87. The van der Waals surface area contributed by atoms with Crippen LogP contribution in [0.3, 0.4) is 0 Å². The van der Waals surface area contributed by atoms with Crippen molar-refractivity contribution < 1.29 is 13.9 Å². The van der Waals surface area contributed by atoms with Crippen molar-refractivity contribution in [3.05, 3.63) is 70.0 Å². The highest BCUT2D eigenvalue weighted by molar-refractivity contribution is 7.14. The number of halogens is 1. The van der Waals surface area contributed by atoms with Crippen molar-refractivity contribution in [3.8, 4) is 5.75 Å². The minimum absolute atomic E-state index is 0.202. The van der Waals surface area contributed by atoms with Gasteiger partial charge in [-0.1, -0.05) is 25.4 Å². The summed E-state index contributed by atoms with van der Waals surface area (Å²) in [6.07, 6.45) is 3.25. The molecule has 0 aliphatic carbocycles. The van der Waals surface area contributed by atoms with Gasteiger partial charge in [-0.05, 0) is 47.7 Å². The van der Waals surface area contributed by atoms with Crippen LogP contribution in [0.1, 0.15) is 35.5 Å². The lowest BCUT2D eigenvalue weighted by Gasteiger charge is -2.11. The second-order valence-corrected chi connectivity index (χ2v) is 7.88. The Kier molecular flexibility index (Phi) is 6.90. The first-order chi connectivity index (χ1) is 13.5. The van der Waals surface area contributed by atoms with Crippen molar-refractivity contribution in [2.24, 2.45) is 10.9 Å². The van der Waals surface area contributed by atoms with Gasteiger partial charge < -0.3 is 14.5 Å². The topological polar surface area (TPSA) is 63.8 Å². The molecule has 0 fully saturated rings. The highest BCUT2D eigenvalue weighted by Crippen LogP contribution is 2.28. The number of hydrogen-bond acceptors (Lipinski definition) is 5. The average Bonchev–Trinajstić information content (AvgIpc) is 3.35. The third-order valence-corrected chi connectivity index (χ3v) is 4.81. The van der Waals surface area contributed by atoms with Gasteiger partial charge in [-0.15, -0.1) is 11.3 Å². The van der Waals surface area contributed by atoms with Gasteiger partial charge in [0, 0.05) is 16.8 Å². The molecule has 1 N–H and O–H groups in total. The molecule has 2 aromatic heterocycles. The average molecular weight is 417 g/mol. The van der Waals surface area contributed by atoms with Gasteiger partial charge in [-0.2, -0.15) is 0 Å². The number of furan rings is 1. The number of benzene rings is 1. The molecule has 0 spiro atoms. The van der Waals surface area contributed by atoms with Crippen LogP contribution in [0.2, 0.25) is 5.02 Å². The van der Waals surface area contributed by atoms with E-state index in [0.717, 1.165) is 5.56 Å². The maximum absolute atomic E-state index is 12.5. The summed E-state index contributed by atoms with van der Waals surface area (Å²) >= 11 is 7.52. The zero-order chi connectivity index (χ0) is 19.9. The largest absolute Gasteiger partial charge is 0.493 e. The lowest BCUT2D eigenvalue weighted by atomic mass is 10.2. The molecule has 0 aliphatic heterocycles. The number of hydrogen-bond donors (Lipinski definition) is 1. The molecule has 0 aliphatic rings. The Bertz CT molecular complexity index is 948. The van der Waals surface area contributed by atoms with E-state index in [9.17, 15) is 4.79 Å². The van der Waals surface area contributed by atoms with Crippen LogP contribution in [0.4, 0.5) is 5.00 Å². The summed E-state index contributed by atoms with van der Waals surface area (Å²) in [5.74, 6) is 1.61. The van der Waals surface area contributed by atoms with Crippen molar-refractivity contribution in [3.63, 3.8) is 0 Å². The van der Waals surface area contributed by atoms with E-state index in [1.165, 1.54) is 11.3 Å². The minimum atomic E-state index is -0.202. The Morgan fingerprint density at radius 3 is 2.96 bits per heavy atom. The van der Waals surface area contributed by atoms with Crippen LogP contribution in [-0.2, 0) is 6.54 Å². The molecule has 1 aromatic carbocycles. The number of nitrogens with zero attached hydrogens (tertiary/aromatic N) is 1. The smallest absolute Gasteiger partial charge is 0.254 e. The Hall–Kier alpha value is -2.57. The second-order valence-electron chi connectivity index (χ2n) is 6.55. The number of nitrogens with one attached hydrogen (secondary N) is 1. The third kappa shape index (κ3) is 5.47. The fourth-order valence-electron chi connectivity index (χ4n) is 2.39. The Morgan fingerprint density at radius 2 is 2.21 bits per heavy atom. The first-order valence-corrected chi connectivity index (χ1v) is 10.1. The third-order valence-electron chi connectivity index (χ3n) is 3.76. The highest BCUT2D eigenvalue weighted by Gasteiger charge is 2.13. The number of thiophene rings is 1. The van der Waals surface area contributed by atoms with E-state index in [1.807, 2.05) is 17.5 Å². The van der Waals surface area contributed by atoms with Gasteiger partial charge in [-0.3, -0.25) is 4.79 Å². The van der Waals surface area contributed by atoms with E-state index in [1.54, 1.807) is 36.7 Å². The summed E-state index contributed by atoms with van der Waals surface area (Å²) in [6, 6.07) is 10.8. The maximum atomic E-state index is 12.5. The van der Waals surface area contributed by atoms with E-state index in [2.05, 4.69) is 24.2 Å². The van der Waals surface area contributed by atoms with Gasteiger partial charge in [-0.25, -0.2) is 4.99 Å². The molecule has 28 heavy (non-hydrogen) atoms. The number of aliphatic imine (C=N–C) groups is 1. The molecule has 0 saturated heterocycles. The summed E-state index contributed by atoms with van der Waals surface area (Å²) in [4.78, 5) is 17.0. The molecular weight excluding hydrogens is 396 g/mol. The molecule has 0 unspecified atom stereocenters. The van der Waals surface area contributed by atoms with Gasteiger partial charge in [0.1, 0.15) is 16.5 Å². The molecule has 3 rings (SSSR count). The molecule has 5 nitrogen and oxygen atoms in total. The van der Waals surface area contributed by atoms with Crippen LogP contribution < -0.4 is 10.1 Å². The van der Waals surface area contributed by atoms with Crippen LogP contribution in [0.15, 0.2) is 57.5 Å². The molecule has 7 heteroatoms. The number of amides is 1. The molecule has 146 valence electrons.